The third-order valence-corrected chi connectivity index (χ3v) is 5.01. The first-order chi connectivity index (χ1) is 7.12. The molecule has 0 aromatic carbocycles. The molecule has 0 aromatic heterocycles. The molecule has 3 aliphatic rings. The molecule has 1 nitrogen and oxygen atoms in total. The Bertz CT molecular complexity index is 242. The first-order valence-corrected chi connectivity index (χ1v) is 6.85. The highest BCUT2D eigenvalue weighted by atomic mass is 16.3. The van der Waals surface area contributed by atoms with Crippen LogP contribution in [0.1, 0.15) is 58.3 Å². The molecule has 0 spiro atoms. The quantitative estimate of drug-likeness (QED) is 0.751. The largest absolute Gasteiger partial charge is 0.390 e. The van der Waals surface area contributed by atoms with Crippen molar-refractivity contribution in [1.82, 2.24) is 0 Å². The fourth-order valence-electron chi connectivity index (χ4n) is 4.22. The van der Waals surface area contributed by atoms with Crippen LogP contribution in [-0.4, -0.2) is 10.7 Å². The minimum absolute atomic E-state index is 0.351. The molecule has 3 rings (SSSR count). The van der Waals surface area contributed by atoms with Gasteiger partial charge in [-0.15, -0.1) is 0 Å². The predicted octanol–water partition coefficient (Wildman–Crippen LogP) is 3.36. The van der Waals surface area contributed by atoms with E-state index >= 15 is 0 Å². The van der Waals surface area contributed by atoms with Crippen LogP contribution in [0, 0.1) is 23.7 Å². The van der Waals surface area contributed by atoms with Crippen LogP contribution >= 0.6 is 0 Å². The van der Waals surface area contributed by atoms with E-state index in [0.29, 0.717) is 0 Å². The Morgan fingerprint density at radius 1 is 1.07 bits per heavy atom. The van der Waals surface area contributed by atoms with E-state index in [-0.39, 0.29) is 5.60 Å². The molecule has 3 saturated carbocycles. The van der Waals surface area contributed by atoms with Gasteiger partial charge in [0, 0.05) is 0 Å². The van der Waals surface area contributed by atoms with E-state index in [1.165, 1.54) is 38.5 Å². The minimum atomic E-state index is -0.351. The summed E-state index contributed by atoms with van der Waals surface area (Å²) in [6.07, 6.45) is 10.7. The average Bonchev–Trinajstić information content (AvgIpc) is 2.73. The van der Waals surface area contributed by atoms with Gasteiger partial charge in [-0.2, -0.15) is 0 Å². The highest BCUT2D eigenvalue weighted by molar-refractivity contribution is 4.94. The van der Waals surface area contributed by atoms with Gasteiger partial charge in [0.1, 0.15) is 0 Å². The summed E-state index contributed by atoms with van der Waals surface area (Å²) in [7, 11) is 0. The molecule has 2 bridgehead atoms. The van der Waals surface area contributed by atoms with Gasteiger partial charge in [-0.05, 0) is 62.7 Å². The summed E-state index contributed by atoms with van der Waals surface area (Å²) in [5.41, 5.74) is -0.351. The van der Waals surface area contributed by atoms with Gasteiger partial charge in [0.05, 0.1) is 5.60 Å². The van der Waals surface area contributed by atoms with Crippen molar-refractivity contribution in [1.29, 1.82) is 0 Å². The molecule has 3 aliphatic carbocycles. The summed E-state index contributed by atoms with van der Waals surface area (Å²) >= 11 is 0. The highest BCUT2D eigenvalue weighted by Gasteiger charge is 2.43. The van der Waals surface area contributed by atoms with Crippen molar-refractivity contribution < 1.29 is 5.11 Å². The molecule has 0 aliphatic heterocycles. The van der Waals surface area contributed by atoms with E-state index < -0.39 is 0 Å². The predicted molar refractivity (Wildman–Crippen MR) is 61.5 cm³/mol. The molecule has 0 saturated heterocycles. The summed E-state index contributed by atoms with van der Waals surface area (Å²) in [4.78, 5) is 0. The van der Waals surface area contributed by atoms with Crippen LogP contribution in [0.25, 0.3) is 0 Å². The zero-order valence-electron chi connectivity index (χ0n) is 9.91. The number of rotatable bonds is 4. The monoisotopic (exact) mass is 208 g/mol. The van der Waals surface area contributed by atoms with Crippen molar-refractivity contribution in [2.24, 2.45) is 23.7 Å². The molecule has 4 atom stereocenters. The lowest BCUT2D eigenvalue weighted by molar-refractivity contribution is 0.0117. The summed E-state index contributed by atoms with van der Waals surface area (Å²) < 4.78 is 0. The van der Waals surface area contributed by atoms with E-state index in [1.54, 1.807) is 0 Å². The standard InChI is InChI=1S/C14H24O/c1-14(15,8-10-2-3-10)9-13-7-11-4-5-12(13)6-11/h10-13,15H,2-9H2,1H3. The SMILES string of the molecule is CC(O)(CC1CC1)CC1CC2CCC1C2. The zero-order chi connectivity index (χ0) is 10.5. The molecular weight excluding hydrogens is 184 g/mol. The molecular formula is C14H24O. The van der Waals surface area contributed by atoms with E-state index in [9.17, 15) is 5.11 Å². The molecule has 15 heavy (non-hydrogen) atoms. The van der Waals surface area contributed by atoms with Gasteiger partial charge < -0.3 is 5.11 Å². The fraction of sp³-hybridized carbons (Fsp3) is 1.00. The Hall–Kier alpha value is -0.0400. The second-order valence-electron chi connectivity index (χ2n) is 6.78. The normalized spacial score (nSPS) is 43.2. The van der Waals surface area contributed by atoms with Gasteiger partial charge in [-0.25, -0.2) is 0 Å². The fourth-order valence-corrected chi connectivity index (χ4v) is 4.22. The van der Waals surface area contributed by atoms with E-state index in [0.717, 1.165) is 36.5 Å². The molecule has 86 valence electrons. The summed E-state index contributed by atoms with van der Waals surface area (Å²) in [6, 6.07) is 0. The van der Waals surface area contributed by atoms with Crippen molar-refractivity contribution in [2.45, 2.75) is 63.9 Å². The second kappa shape index (κ2) is 3.48. The minimum Gasteiger partial charge on any atom is -0.390 e. The maximum Gasteiger partial charge on any atom is 0.0625 e. The number of hydrogen-bond donors (Lipinski definition) is 1. The Balaban J connectivity index is 1.55. The molecule has 0 amide bonds. The third-order valence-electron chi connectivity index (χ3n) is 5.01. The van der Waals surface area contributed by atoms with Gasteiger partial charge in [0.15, 0.2) is 0 Å². The lowest BCUT2D eigenvalue weighted by atomic mass is 9.79. The van der Waals surface area contributed by atoms with Crippen LogP contribution in [0.3, 0.4) is 0 Å². The number of fused-ring (bicyclic) bond motifs is 2. The van der Waals surface area contributed by atoms with E-state index in [4.69, 9.17) is 0 Å². The van der Waals surface area contributed by atoms with Crippen LogP contribution < -0.4 is 0 Å². The van der Waals surface area contributed by atoms with Crippen LogP contribution in [-0.2, 0) is 0 Å². The maximum atomic E-state index is 10.4. The lowest BCUT2D eigenvalue weighted by Crippen LogP contribution is -2.30. The van der Waals surface area contributed by atoms with Crippen molar-refractivity contribution in [2.75, 3.05) is 0 Å². The van der Waals surface area contributed by atoms with Gasteiger partial charge in [0.2, 0.25) is 0 Å². The average molecular weight is 208 g/mol. The van der Waals surface area contributed by atoms with Crippen molar-refractivity contribution in [3.63, 3.8) is 0 Å². The second-order valence-corrected chi connectivity index (χ2v) is 6.78. The molecule has 1 heteroatoms. The summed E-state index contributed by atoms with van der Waals surface area (Å²) in [5.74, 6) is 3.72. The summed E-state index contributed by atoms with van der Waals surface area (Å²) in [5, 5.41) is 10.4. The van der Waals surface area contributed by atoms with Crippen molar-refractivity contribution in [3.05, 3.63) is 0 Å². The van der Waals surface area contributed by atoms with E-state index in [1.807, 2.05) is 0 Å². The van der Waals surface area contributed by atoms with Crippen LogP contribution in [0.4, 0.5) is 0 Å². The maximum absolute atomic E-state index is 10.4. The van der Waals surface area contributed by atoms with Crippen LogP contribution in [0.2, 0.25) is 0 Å². The summed E-state index contributed by atoms with van der Waals surface area (Å²) in [6.45, 7) is 2.08. The van der Waals surface area contributed by atoms with Crippen LogP contribution in [0.5, 0.6) is 0 Å². The lowest BCUT2D eigenvalue weighted by Gasteiger charge is -2.31. The first kappa shape index (κ1) is 10.1. The molecule has 4 unspecified atom stereocenters. The number of aliphatic hydroxyl groups is 1. The van der Waals surface area contributed by atoms with Crippen LogP contribution in [0.15, 0.2) is 0 Å². The van der Waals surface area contributed by atoms with Gasteiger partial charge >= 0.3 is 0 Å². The molecule has 0 radical (unpaired) electrons. The van der Waals surface area contributed by atoms with E-state index in [2.05, 4.69) is 6.92 Å². The van der Waals surface area contributed by atoms with Gasteiger partial charge in [-0.3, -0.25) is 0 Å². The Labute approximate surface area is 93.3 Å². The smallest absolute Gasteiger partial charge is 0.0625 e. The van der Waals surface area contributed by atoms with Crippen molar-refractivity contribution >= 4 is 0 Å². The first-order valence-electron chi connectivity index (χ1n) is 6.85. The Morgan fingerprint density at radius 2 is 1.87 bits per heavy atom. The number of hydrogen-bond acceptors (Lipinski definition) is 1. The molecule has 3 fully saturated rings. The molecule has 0 heterocycles. The molecule has 1 N–H and O–H groups in total. The zero-order valence-corrected chi connectivity index (χ0v) is 9.91. The van der Waals surface area contributed by atoms with Gasteiger partial charge in [-0.1, -0.05) is 19.3 Å². The Morgan fingerprint density at radius 3 is 2.40 bits per heavy atom. The highest BCUT2D eigenvalue weighted by Crippen LogP contribution is 2.51. The van der Waals surface area contributed by atoms with Gasteiger partial charge in [0.25, 0.3) is 0 Å². The Kier molecular flexibility index (Phi) is 2.35. The topological polar surface area (TPSA) is 20.2 Å². The van der Waals surface area contributed by atoms with Crippen molar-refractivity contribution in [3.8, 4) is 0 Å². The molecule has 0 aromatic rings. The third kappa shape index (κ3) is 2.22.